The number of amides is 1. The largest absolute Gasteiger partial charge is 0.481 e. The SMILES string of the molecule is CCCNCc1cc(F)cc(OC(C)C(N)=O)c1. The Kier molecular flexibility index (Phi) is 5.58. The number of hydrogen-bond acceptors (Lipinski definition) is 3. The van der Waals surface area contributed by atoms with Gasteiger partial charge in [-0.15, -0.1) is 0 Å². The Bertz CT molecular complexity index is 410. The fourth-order valence-electron chi connectivity index (χ4n) is 1.46. The molecule has 18 heavy (non-hydrogen) atoms. The maximum atomic E-state index is 13.4. The van der Waals surface area contributed by atoms with Gasteiger partial charge in [0.2, 0.25) is 0 Å². The number of carbonyl (C=O) groups is 1. The van der Waals surface area contributed by atoms with Crippen molar-refractivity contribution in [2.75, 3.05) is 6.54 Å². The van der Waals surface area contributed by atoms with Crippen LogP contribution in [0.15, 0.2) is 18.2 Å². The number of hydrogen-bond donors (Lipinski definition) is 2. The van der Waals surface area contributed by atoms with E-state index in [4.69, 9.17) is 10.5 Å². The Labute approximate surface area is 106 Å². The molecule has 0 aliphatic rings. The Morgan fingerprint density at radius 1 is 1.50 bits per heavy atom. The molecule has 5 heteroatoms. The number of benzene rings is 1. The molecule has 0 saturated carbocycles. The van der Waals surface area contributed by atoms with E-state index in [1.54, 1.807) is 6.07 Å². The fourth-order valence-corrected chi connectivity index (χ4v) is 1.46. The molecule has 0 aliphatic heterocycles. The molecule has 0 heterocycles. The first-order valence-electron chi connectivity index (χ1n) is 5.99. The highest BCUT2D eigenvalue weighted by atomic mass is 19.1. The molecule has 0 bridgehead atoms. The molecule has 0 spiro atoms. The van der Waals surface area contributed by atoms with Crippen molar-refractivity contribution in [1.29, 1.82) is 0 Å². The van der Waals surface area contributed by atoms with E-state index in [1.165, 1.54) is 19.1 Å². The molecular formula is C13H19FN2O2. The van der Waals surface area contributed by atoms with Gasteiger partial charge in [-0.3, -0.25) is 4.79 Å². The third kappa shape index (κ3) is 4.71. The van der Waals surface area contributed by atoms with Gasteiger partial charge in [-0.2, -0.15) is 0 Å². The van der Waals surface area contributed by atoms with Crippen LogP contribution in [0.25, 0.3) is 0 Å². The summed E-state index contributed by atoms with van der Waals surface area (Å²) in [5.41, 5.74) is 5.86. The number of carbonyl (C=O) groups excluding carboxylic acids is 1. The number of ether oxygens (including phenoxy) is 1. The van der Waals surface area contributed by atoms with E-state index < -0.39 is 17.8 Å². The minimum atomic E-state index is -0.775. The summed E-state index contributed by atoms with van der Waals surface area (Å²) in [5, 5.41) is 3.17. The molecule has 0 aliphatic carbocycles. The monoisotopic (exact) mass is 254 g/mol. The zero-order chi connectivity index (χ0) is 13.5. The summed E-state index contributed by atoms with van der Waals surface area (Å²) < 4.78 is 18.6. The molecule has 1 unspecified atom stereocenters. The smallest absolute Gasteiger partial charge is 0.258 e. The standard InChI is InChI=1S/C13H19FN2O2/c1-3-4-16-8-10-5-11(14)7-12(6-10)18-9(2)13(15)17/h5-7,9,16H,3-4,8H2,1-2H3,(H2,15,17). The first-order valence-corrected chi connectivity index (χ1v) is 5.99. The Balaban J connectivity index is 2.71. The van der Waals surface area contributed by atoms with E-state index in [0.717, 1.165) is 18.5 Å². The maximum Gasteiger partial charge on any atom is 0.258 e. The van der Waals surface area contributed by atoms with Gasteiger partial charge in [-0.05, 0) is 37.6 Å². The van der Waals surface area contributed by atoms with Crippen molar-refractivity contribution in [1.82, 2.24) is 5.32 Å². The van der Waals surface area contributed by atoms with Crippen LogP contribution in [0.1, 0.15) is 25.8 Å². The lowest BCUT2D eigenvalue weighted by molar-refractivity contribution is -0.123. The number of rotatable bonds is 7. The lowest BCUT2D eigenvalue weighted by atomic mass is 10.2. The molecule has 100 valence electrons. The molecule has 1 aromatic rings. The van der Waals surface area contributed by atoms with Crippen LogP contribution in [0.3, 0.4) is 0 Å². The fraction of sp³-hybridized carbons (Fsp3) is 0.462. The van der Waals surface area contributed by atoms with E-state index in [0.29, 0.717) is 12.3 Å². The van der Waals surface area contributed by atoms with Crippen LogP contribution in [0, 0.1) is 5.82 Å². The predicted octanol–water partition coefficient (Wildman–Crippen LogP) is 1.58. The van der Waals surface area contributed by atoms with Crippen molar-refractivity contribution in [2.24, 2.45) is 5.73 Å². The molecule has 0 radical (unpaired) electrons. The van der Waals surface area contributed by atoms with Crippen molar-refractivity contribution in [2.45, 2.75) is 32.9 Å². The van der Waals surface area contributed by atoms with Crippen LogP contribution < -0.4 is 15.8 Å². The van der Waals surface area contributed by atoms with Gasteiger partial charge in [0.25, 0.3) is 5.91 Å². The van der Waals surface area contributed by atoms with Gasteiger partial charge in [0, 0.05) is 12.6 Å². The first-order chi connectivity index (χ1) is 8.52. The van der Waals surface area contributed by atoms with Crippen LogP contribution in [-0.4, -0.2) is 18.6 Å². The van der Waals surface area contributed by atoms with Crippen LogP contribution in [-0.2, 0) is 11.3 Å². The van der Waals surface area contributed by atoms with Crippen molar-refractivity contribution in [3.63, 3.8) is 0 Å². The van der Waals surface area contributed by atoms with Gasteiger partial charge in [0.15, 0.2) is 6.10 Å². The highest BCUT2D eigenvalue weighted by molar-refractivity contribution is 5.78. The predicted molar refractivity (Wildman–Crippen MR) is 67.7 cm³/mol. The molecule has 4 nitrogen and oxygen atoms in total. The van der Waals surface area contributed by atoms with Crippen LogP contribution in [0.2, 0.25) is 0 Å². The minimum absolute atomic E-state index is 0.314. The van der Waals surface area contributed by atoms with Crippen LogP contribution in [0.4, 0.5) is 4.39 Å². The number of nitrogens with two attached hydrogens (primary N) is 1. The van der Waals surface area contributed by atoms with Gasteiger partial charge in [0.05, 0.1) is 0 Å². The third-order valence-electron chi connectivity index (χ3n) is 2.40. The minimum Gasteiger partial charge on any atom is -0.481 e. The van der Waals surface area contributed by atoms with Gasteiger partial charge >= 0.3 is 0 Å². The quantitative estimate of drug-likeness (QED) is 0.726. The lowest BCUT2D eigenvalue weighted by Crippen LogP contribution is -2.30. The number of halogens is 1. The Morgan fingerprint density at radius 2 is 2.22 bits per heavy atom. The molecule has 0 aromatic heterocycles. The Hall–Kier alpha value is -1.62. The summed E-state index contributed by atoms with van der Waals surface area (Å²) in [5.74, 6) is -0.656. The molecule has 1 amide bonds. The van der Waals surface area contributed by atoms with Crippen LogP contribution >= 0.6 is 0 Å². The molecule has 0 fully saturated rings. The van der Waals surface area contributed by atoms with E-state index in [1.807, 2.05) is 0 Å². The zero-order valence-corrected chi connectivity index (χ0v) is 10.7. The van der Waals surface area contributed by atoms with Gasteiger partial charge in [0.1, 0.15) is 11.6 Å². The molecule has 1 atom stereocenters. The summed E-state index contributed by atoms with van der Waals surface area (Å²) in [6.07, 6.45) is 0.237. The first kappa shape index (κ1) is 14.4. The van der Waals surface area contributed by atoms with E-state index in [9.17, 15) is 9.18 Å². The molecular weight excluding hydrogens is 235 g/mol. The van der Waals surface area contributed by atoms with E-state index >= 15 is 0 Å². The molecule has 1 rings (SSSR count). The normalized spacial score (nSPS) is 12.2. The third-order valence-corrected chi connectivity index (χ3v) is 2.40. The maximum absolute atomic E-state index is 13.4. The number of nitrogens with one attached hydrogen (secondary N) is 1. The number of primary amides is 1. The second kappa shape index (κ2) is 6.96. The summed E-state index contributed by atoms with van der Waals surface area (Å²) in [4.78, 5) is 10.9. The average Bonchev–Trinajstić information content (AvgIpc) is 2.28. The summed E-state index contributed by atoms with van der Waals surface area (Å²) in [6, 6.07) is 4.37. The second-order valence-electron chi connectivity index (χ2n) is 4.13. The highest BCUT2D eigenvalue weighted by Crippen LogP contribution is 2.17. The van der Waals surface area contributed by atoms with Crippen molar-refractivity contribution in [3.8, 4) is 5.75 Å². The summed E-state index contributed by atoms with van der Waals surface area (Å²) in [7, 11) is 0. The van der Waals surface area contributed by atoms with Crippen molar-refractivity contribution in [3.05, 3.63) is 29.6 Å². The summed E-state index contributed by atoms with van der Waals surface area (Å²) >= 11 is 0. The summed E-state index contributed by atoms with van der Waals surface area (Å²) in [6.45, 7) is 5.02. The zero-order valence-electron chi connectivity index (χ0n) is 10.7. The molecule has 1 aromatic carbocycles. The van der Waals surface area contributed by atoms with Crippen molar-refractivity contribution >= 4 is 5.91 Å². The topological polar surface area (TPSA) is 64.3 Å². The average molecular weight is 254 g/mol. The highest BCUT2D eigenvalue weighted by Gasteiger charge is 2.11. The Morgan fingerprint density at radius 3 is 2.83 bits per heavy atom. The van der Waals surface area contributed by atoms with E-state index in [-0.39, 0.29) is 0 Å². The van der Waals surface area contributed by atoms with Gasteiger partial charge in [-0.25, -0.2) is 4.39 Å². The van der Waals surface area contributed by atoms with Crippen LogP contribution in [0.5, 0.6) is 5.75 Å². The molecule has 0 saturated heterocycles. The molecule has 3 N–H and O–H groups in total. The van der Waals surface area contributed by atoms with E-state index in [2.05, 4.69) is 12.2 Å². The van der Waals surface area contributed by atoms with Gasteiger partial charge < -0.3 is 15.8 Å². The lowest BCUT2D eigenvalue weighted by Gasteiger charge is -2.12. The van der Waals surface area contributed by atoms with Crippen molar-refractivity contribution < 1.29 is 13.9 Å². The second-order valence-corrected chi connectivity index (χ2v) is 4.13. The van der Waals surface area contributed by atoms with Gasteiger partial charge in [-0.1, -0.05) is 6.92 Å².